The lowest BCUT2D eigenvalue weighted by Gasteiger charge is -2.14. The van der Waals surface area contributed by atoms with Crippen molar-refractivity contribution in [2.24, 2.45) is 0 Å². The first kappa shape index (κ1) is 11.7. The lowest BCUT2D eigenvalue weighted by Crippen LogP contribution is -2.32. The van der Waals surface area contributed by atoms with Crippen LogP contribution in [0.25, 0.3) is 11.4 Å². The molecule has 0 aliphatic carbocycles. The van der Waals surface area contributed by atoms with Crippen LogP contribution in [0.2, 0.25) is 0 Å². The van der Waals surface area contributed by atoms with Crippen molar-refractivity contribution in [3.05, 3.63) is 33.1 Å². The molecule has 0 bridgehead atoms. The van der Waals surface area contributed by atoms with Gasteiger partial charge in [-0.15, -0.1) is 0 Å². The number of aromatic amines is 1. The summed E-state index contributed by atoms with van der Waals surface area (Å²) in [5.41, 5.74) is 1.24. The van der Waals surface area contributed by atoms with Gasteiger partial charge in [0.1, 0.15) is 0 Å². The van der Waals surface area contributed by atoms with Crippen LogP contribution in [0.1, 0.15) is 26.7 Å². The summed E-state index contributed by atoms with van der Waals surface area (Å²) in [6, 6.07) is 1.49. The summed E-state index contributed by atoms with van der Waals surface area (Å²) in [4.78, 5) is 26.3. The van der Waals surface area contributed by atoms with Crippen LogP contribution in [0.4, 0.5) is 0 Å². The zero-order valence-corrected chi connectivity index (χ0v) is 10.2. The van der Waals surface area contributed by atoms with Crippen molar-refractivity contribution in [2.45, 2.75) is 39.8 Å². The molecule has 2 aliphatic heterocycles. The van der Waals surface area contributed by atoms with Gasteiger partial charge in [0, 0.05) is 25.4 Å². The van der Waals surface area contributed by atoms with Crippen molar-refractivity contribution in [2.75, 3.05) is 0 Å². The zero-order chi connectivity index (χ0) is 12.4. The highest BCUT2D eigenvalue weighted by Gasteiger charge is 2.14. The molecule has 0 atom stereocenters. The average Bonchev–Trinajstić information content (AvgIpc) is 2.65. The van der Waals surface area contributed by atoms with Gasteiger partial charge in [-0.05, 0) is 12.8 Å². The third-order valence-electron chi connectivity index (χ3n) is 2.77. The van der Waals surface area contributed by atoms with E-state index in [9.17, 15) is 9.59 Å². The number of fused-ring (bicyclic) bond motifs is 1. The van der Waals surface area contributed by atoms with E-state index in [1.807, 2.05) is 13.8 Å². The summed E-state index contributed by atoms with van der Waals surface area (Å²) < 4.78 is 3.33. The molecule has 0 amide bonds. The van der Waals surface area contributed by atoms with Crippen molar-refractivity contribution in [1.82, 2.24) is 14.1 Å². The summed E-state index contributed by atoms with van der Waals surface area (Å²) in [6.07, 6.45) is 3.49. The first-order valence-corrected chi connectivity index (χ1v) is 6.00. The Hall–Kier alpha value is -1.78. The Bertz CT molecular complexity index is 591. The van der Waals surface area contributed by atoms with Crippen LogP contribution in [-0.4, -0.2) is 14.1 Å². The van der Waals surface area contributed by atoms with E-state index in [-0.39, 0.29) is 11.2 Å². The molecule has 0 aromatic carbocycles. The van der Waals surface area contributed by atoms with Crippen molar-refractivity contribution >= 4 is 0 Å². The molecule has 1 N–H and O–H groups in total. The van der Waals surface area contributed by atoms with E-state index >= 15 is 0 Å². The maximum absolute atomic E-state index is 12.2. The van der Waals surface area contributed by atoms with E-state index < -0.39 is 0 Å². The van der Waals surface area contributed by atoms with Gasteiger partial charge in [-0.3, -0.25) is 13.9 Å². The molecule has 0 radical (unpaired) electrons. The van der Waals surface area contributed by atoms with Crippen LogP contribution in [0.15, 0.2) is 21.9 Å². The minimum atomic E-state index is -0.154. The van der Waals surface area contributed by atoms with Crippen LogP contribution in [0.5, 0.6) is 0 Å². The molecule has 0 aromatic rings. The van der Waals surface area contributed by atoms with Gasteiger partial charge >= 0.3 is 5.69 Å². The number of hydrogen-bond acceptors (Lipinski definition) is 2. The maximum atomic E-state index is 12.2. The lowest BCUT2D eigenvalue weighted by atomic mass is 10.3. The zero-order valence-electron chi connectivity index (χ0n) is 10.2. The number of rotatable bonds is 4. The molecule has 92 valence electrons. The Kier molecular flexibility index (Phi) is 3.17. The van der Waals surface area contributed by atoms with Gasteiger partial charge in [-0.25, -0.2) is 4.79 Å². The fourth-order valence-corrected chi connectivity index (χ4v) is 2.07. The summed E-state index contributed by atoms with van der Waals surface area (Å²) in [5.74, 6) is 0. The van der Waals surface area contributed by atoms with Gasteiger partial charge in [-0.2, -0.15) is 0 Å². The molecule has 5 nitrogen and oxygen atoms in total. The molecule has 0 unspecified atom stereocenters. The van der Waals surface area contributed by atoms with Crippen molar-refractivity contribution < 1.29 is 0 Å². The standard InChI is InChI=1S/C12H17N3O2/c1-3-5-14-8-9-10(7-11(16)13-9)15(6-4-2)12(14)17/h7-8H,3-6H2,1-2H3,(H,13,16). The van der Waals surface area contributed by atoms with Crippen LogP contribution in [0, 0.1) is 0 Å². The lowest BCUT2D eigenvalue weighted by molar-refractivity contribution is 0.556. The molecule has 0 fully saturated rings. The molecule has 2 aliphatic rings. The normalized spacial score (nSPS) is 11.2. The Morgan fingerprint density at radius 2 is 1.88 bits per heavy atom. The molecule has 0 spiro atoms. The fraction of sp³-hybridized carbons (Fsp3) is 0.500. The van der Waals surface area contributed by atoms with Gasteiger partial charge in [0.25, 0.3) is 5.56 Å². The molecular formula is C12H17N3O2. The van der Waals surface area contributed by atoms with Gasteiger partial charge in [0.15, 0.2) is 0 Å². The topological polar surface area (TPSA) is 59.8 Å². The van der Waals surface area contributed by atoms with Crippen LogP contribution < -0.4 is 11.2 Å². The van der Waals surface area contributed by atoms with Gasteiger partial charge in [0.05, 0.1) is 11.4 Å². The van der Waals surface area contributed by atoms with E-state index in [4.69, 9.17) is 0 Å². The monoisotopic (exact) mass is 235 g/mol. The van der Waals surface area contributed by atoms with E-state index in [1.54, 1.807) is 15.3 Å². The largest absolute Gasteiger partial charge is 0.328 e. The summed E-state index contributed by atoms with van der Waals surface area (Å²) >= 11 is 0. The molecule has 0 saturated heterocycles. The van der Waals surface area contributed by atoms with Crippen LogP contribution >= 0.6 is 0 Å². The first-order valence-electron chi connectivity index (χ1n) is 6.00. The Labute approximate surface area is 99.0 Å². The second-order valence-corrected chi connectivity index (χ2v) is 4.19. The molecular weight excluding hydrogens is 218 g/mol. The van der Waals surface area contributed by atoms with Crippen LogP contribution in [-0.2, 0) is 13.1 Å². The summed E-state index contributed by atoms with van der Waals surface area (Å²) in [6.45, 7) is 5.34. The predicted octanol–water partition coefficient (Wildman–Crippen LogP) is 1.26. The molecule has 5 heteroatoms. The highest BCUT2D eigenvalue weighted by molar-refractivity contribution is 5.55. The fourth-order valence-electron chi connectivity index (χ4n) is 2.07. The van der Waals surface area contributed by atoms with Crippen molar-refractivity contribution in [3.63, 3.8) is 0 Å². The smallest absolute Gasteiger partial charge is 0.319 e. The maximum Gasteiger partial charge on any atom is 0.328 e. The predicted molar refractivity (Wildman–Crippen MR) is 66.5 cm³/mol. The van der Waals surface area contributed by atoms with Gasteiger partial charge in [0.2, 0.25) is 0 Å². The van der Waals surface area contributed by atoms with Gasteiger partial charge < -0.3 is 4.98 Å². The van der Waals surface area contributed by atoms with E-state index in [0.717, 1.165) is 18.5 Å². The molecule has 0 aromatic heterocycles. The van der Waals surface area contributed by atoms with Gasteiger partial charge in [-0.1, -0.05) is 13.8 Å². The Morgan fingerprint density at radius 1 is 1.18 bits per heavy atom. The first-order chi connectivity index (χ1) is 8.17. The van der Waals surface area contributed by atoms with Crippen LogP contribution in [0.3, 0.4) is 0 Å². The van der Waals surface area contributed by atoms with E-state index in [1.165, 1.54) is 6.07 Å². The number of H-pyrrole nitrogens is 1. The van der Waals surface area contributed by atoms with Crippen molar-refractivity contribution in [3.8, 4) is 11.4 Å². The summed E-state index contributed by atoms with van der Waals surface area (Å²) in [7, 11) is 0. The number of aromatic nitrogens is 3. The summed E-state index contributed by atoms with van der Waals surface area (Å²) in [5, 5.41) is 0. The number of nitrogens with one attached hydrogen (secondary N) is 1. The number of nitrogens with zero attached hydrogens (tertiary/aromatic N) is 2. The minimum absolute atomic E-state index is 0.0415. The number of hydrogen-bond donors (Lipinski definition) is 1. The van der Waals surface area contributed by atoms with E-state index in [0.29, 0.717) is 18.8 Å². The highest BCUT2D eigenvalue weighted by Crippen LogP contribution is 2.15. The third kappa shape index (κ3) is 2.05. The number of aryl methyl sites for hydroxylation is 1. The Morgan fingerprint density at radius 3 is 2.53 bits per heavy atom. The van der Waals surface area contributed by atoms with Crippen molar-refractivity contribution in [1.29, 1.82) is 0 Å². The quantitative estimate of drug-likeness (QED) is 0.867. The minimum Gasteiger partial charge on any atom is -0.319 e. The SMILES string of the molecule is CCCn1cc2[nH]c(=O)cc-2n(CCC)c1=O. The molecule has 2 heterocycles. The second kappa shape index (κ2) is 4.61. The molecule has 0 saturated carbocycles. The second-order valence-electron chi connectivity index (χ2n) is 4.19. The average molecular weight is 235 g/mol. The van der Waals surface area contributed by atoms with E-state index in [2.05, 4.69) is 4.98 Å². The highest BCUT2D eigenvalue weighted by atomic mass is 16.1. The third-order valence-corrected chi connectivity index (χ3v) is 2.77. The molecule has 2 rings (SSSR count). The molecule has 17 heavy (non-hydrogen) atoms. The Balaban J connectivity index is 2.70.